The van der Waals surface area contributed by atoms with Gasteiger partial charge < -0.3 is 14.6 Å². The number of rotatable bonds is 6. The molecule has 0 bridgehead atoms. The van der Waals surface area contributed by atoms with Gasteiger partial charge in [0.05, 0.1) is 17.4 Å². The molecule has 0 N–H and O–H groups in total. The quantitative estimate of drug-likeness (QED) is 0.224. The van der Waals surface area contributed by atoms with Crippen LogP contribution >= 0.6 is 0 Å². The van der Waals surface area contributed by atoms with Crippen LogP contribution in [0.3, 0.4) is 0 Å². The number of pyridine rings is 1. The highest BCUT2D eigenvalue weighted by molar-refractivity contribution is 6.01. The maximum absolute atomic E-state index is 14.2. The predicted octanol–water partition coefficient (Wildman–Crippen LogP) is 4.52. The monoisotopic (exact) mass is 493 g/mol. The van der Waals surface area contributed by atoms with Gasteiger partial charge in [-0.1, -0.05) is 78.4 Å². The van der Waals surface area contributed by atoms with E-state index in [1.807, 2.05) is 73.8 Å². The predicted molar refractivity (Wildman–Crippen MR) is 136 cm³/mol. The van der Waals surface area contributed by atoms with Gasteiger partial charge in [-0.15, -0.1) is 0 Å². The summed E-state index contributed by atoms with van der Waals surface area (Å²) in [5, 5.41) is 15.2. The molecule has 2 unspecified atom stereocenters. The highest BCUT2D eigenvalue weighted by atomic mass is 16.8. The third-order valence-electron chi connectivity index (χ3n) is 6.54. The van der Waals surface area contributed by atoms with Crippen LogP contribution in [0.25, 0.3) is 10.8 Å². The standard InChI is InChI=1S/C31H27NO5/c1-20-13-15-22(16-14-20)25(26-29(34)36-31(2,3)37-30(26)35)27(28(33)23-10-5-4-6-11-23)32-18-17-21-9-7-8-12-24(21)19-32/h4-19,25,27H,1-3H3. The van der Waals surface area contributed by atoms with Crippen molar-refractivity contribution in [3.8, 4) is 0 Å². The average molecular weight is 494 g/mol. The molecule has 0 saturated carbocycles. The Balaban J connectivity index is 1.77. The summed E-state index contributed by atoms with van der Waals surface area (Å²) in [6.07, 6.45) is 3.67. The Morgan fingerprint density at radius 3 is 2.19 bits per heavy atom. The Morgan fingerprint density at radius 2 is 1.51 bits per heavy atom. The molecule has 0 aliphatic carbocycles. The molecule has 2 atom stereocenters. The van der Waals surface area contributed by atoms with Crippen LogP contribution in [0.4, 0.5) is 0 Å². The molecule has 5 rings (SSSR count). The maximum Gasteiger partial charge on any atom is 0.338 e. The van der Waals surface area contributed by atoms with E-state index < -0.39 is 29.7 Å². The molecule has 6 nitrogen and oxygen atoms in total. The SMILES string of the molecule is Cc1ccc(C(C2=C([O-])OC(C)(C)OC2=O)C(C(=O)c2ccccc2)[n+]2ccc3ccccc3c2)cc1. The lowest BCUT2D eigenvalue weighted by Gasteiger charge is -2.41. The largest absolute Gasteiger partial charge is 0.575 e. The maximum atomic E-state index is 14.2. The van der Waals surface area contributed by atoms with Crippen LogP contribution < -0.4 is 9.67 Å². The van der Waals surface area contributed by atoms with Crippen molar-refractivity contribution in [3.05, 3.63) is 126 Å². The number of aryl methyl sites for hydroxylation is 1. The summed E-state index contributed by atoms with van der Waals surface area (Å²) in [7, 11) is 0. The van der Waals surface area contributed by atoms with Crippen molar-refractivity contribution in [2.45, 2.75) is 38.5 Å². The second-order valence-corrected chi connectivity index (χ2v) is 9.68. The molecule has 1 aliphatic heterocycles. The number of hydrogen-bond donors (Lipinski definition) is 0. The van der Waals surface area contributed by atoms with Gasteiger partial charge in [0.1, 0.15) is 0 Å². The second-order valence-electron chi connectivity index (χ2n) is 9.68. The van der Waals surface area contributed by atoms with Gasteiger partial charge in [-0.25, -0.2) is 4.79 Å². The van der Waals surface area contributed by atoms with Gasteiger partial charge in [0.25, 0.3) is 0 Å². The van der Waals surface area contributed by atoms with Crippen LogP contribution in [0.1, 0.15) is 47.3 Å². The van der Waals surface area contributed by atoms with Crippen molar-refractivity contribution in [1.29, 1.82) is 0 Å². The molecule has 0 saturated heterocycles. The van der Waals surface area contributed by atoms with Crippen molar-refractivity contribution in [2.24, 2.45) is 0 Å². The minimum atomic E-state index is -1.40. The molecule has 186 valence electrons. The second kappa shape index (κ2) is 9.54. The van der Waals surface area contributed by atoms with Crippen LogP contribution in [-0.4, -0.2) is 17.5 Å². The molecule has 4 aromatic rings. The number of ether oxygens (including phenoxy) is 2. The number of aromatic nitrogens is 1. The van der Waals surface area contributed by atoms with E-state index in [1.165, 1.54) is 13.8 Å². The van der Waals surface area contributed by atoms with E-state index >= 15 is 0 Å². The van der Waals surface area contributed by atoms with E-state index in [0.29, 0.717) is 11.1 Å². The molecule has 0 amide bonds. The van der Waals surface area contributed by atoms with Crippen LogP contribution in [0.5, 0.6) is 0 Å². The fourth-order valence-electron chi connectivity index (χ4n) is 4.75. The van der Waals surface area contributed by atoms with Gasteiger partial charge in [-0.3, -0.25) is 4.79 Å². The molecule has 2 heterocycles. The number of esters is 1. The van der Waals surface area contributed by atoms with Crippen molar-refractivity contribution in [1.82, 2.24) is 0 Å². The zero-order chi connectivity index (χ0) is 26.2. The lowest BCUT2D eigenvalue weighted by Crippen LogP contribution is -2.50. The number of carbonyl (C=O) groups excluding carboxylic acids is 2. The van der Waals surface area contributed by atoms with Crippen molar-refractivity contribution >= 4 is 22.5 Å². The fourth-order valence-corrected chi connectivity index (χ4v) is 4.75. The zero-order valence-electron chi connectivity index (χ0n) is 20.9. The fraction of sp³-hybridized carbons (Fsp3) is 0.194. The van der Waals surface area contributed by atoms with Crippen LogP contribution in [0, 0.1) is 6.92 Å². The Morgan fingerprint density at radius 1 is 0.865 bits per heavy atom. The minimum absolute atomic E-state index is 0.210. The number of carbonyl (C=O) groups is 2. The van der Waals surface area contributed by atoms with Crippen molar-refractivity contribution in [2.75, 3.05) is 0 Å². The Hall–Kier alpha value is -4.45. The molecule has 0 spiro atoms. The third kappa shape index (κ3) is 4.83. The lowest BCUT2D eigenvalue weighted by atomic mass is 9.80. The third-order valence-corrected chi connectivity index (χ3v) is 6.54. The minimum Gasteiger partial charge on any atom is -0.575 e. The topological polar surface area (TPSA) is 79.5 Å². The number of Topliss-reactive ketones (excluding diaryl/α,β-unsaturated/α-hetero) is 1. The number of nitrogens with zero attached hydrogens (tertiary/aromatic N) is 1. The zero-order valence-corrected chi connectivity index (χ0v) is 20.9. The summed E-state index contributed by atoms with van der Waals surface area (Å²) in [4.78, 5) is 27.5. The first-order chi connectivity index (χ1) is 17.7. The van der Waals surface area contributed by atoms with E-state index in [4.69, 9.17) is 9.47 Å². The van der Waals surface area contributed by atoms with Crippen molar-refractivity contribution < 1.29 is 28.7 Å². The van der Waals surface area contributed by atoms with Gasteiger partial charge in [0.15, 0.2) is 18.2 Å². The van der Waals surface area contributed by atoms with Gasteiger partial charge in [0, 0.05) is 17.0 Å². The Kier molecular flexibility index (Phi) is 6.25. The van der Waals surface area contributed by atoms with E-state index in [-0.39, 0.29) is 11.4 Å². The van der Waals surface area contributed by atoms with Crippen LogP contribution in [0.15, 0.2) is 109 Å². The Bertz CT molecular complexity index is 1510. The van der Waals surface area contributed by atoms with Gasteiger partial charge in [0.2, 0.25) is 11.8 Å². The molecule has 37 heavy (non-hydrogen) atoms. The molecule has 6 heteroatoms. The van der Waals surface area contributed by atoms with E-state index in [2.05, 4.69) is 0 Å². The molecular weight excluding hydrogens is 466 g/mol. The Labute approximate surface area is 215 Å². The molecule has 3 aromatic carbocycles. The first-order valence-electron chi connectivity index (χ1n) is 12.1. The number of cyclic esters (lactones) is 1. The summed E-state index contributed by atoms with van der Waals surface area (Å²) < 4.78 is 12.7. The van der Waals surface area contributed by atoms with E-state index in [1.54, 1.807) is 35.0 Å². The number of benzene rings is 3. The average Bonchev–Trinajstić information content (AvgIpc) is 2.88. The van der Waals surface area contributed by atoms with Gasteiger partial charge in [-0.05, 0) is 37.8 Å². The molecule has 1 aliphatic rings. The first kappa shape index (κ1) is 24.3. The molecule has 1 aromatic heterocycles. The number of fused-ring (bicyclic) bond motifs is 1. The van der Waals surface area contributed by atoms with Gasteiger partial charge >= 0.3 is 5.97 Å². The highest BCUT2D eigenvalue weighted by Gasteiger charge is 2.45. The smallest absolute Gasteiger partial charge is 0.338 e. The van der Waals surface area contributed by atoms with E-state index in [9.17, 15) is 14.7 Å². The number of ketones is 1. The van der Waals surface area contributed by atoms with Crippen LogP contribution in [0.2, 0.25) is 0 Å². The summed E-state index contributed by atoms with van der Waals surface area (Å²) in [6.45, 7) is 4.96. The highest BCUT2D eigenvalue weighted by Crippen LogP contribution is 2.40. The summed E-state index contributed by atoms with van der Waals surface area (Å²) >= 11 is 0. The summed E-state index contributed by atoms with van der Waals surface area (Å²) in [6, 6.07) is 25.1. The lowest BCUT2D eigenvalue weighted by molar-refractivity contribution is -0.708. The first-order valence-corrected chi connectivity index (χ1v) is 12.1. The molecule has 0 fully saturated rings. The normalized spacial score (nSPS) is 16.6. The van der Waals surface area contributed by atoms with Crippen LogP contribution in [-0.2, 0) is 14.3 Å². The number of hydrogen-bond acceptors (Lipinski definition) is 5. The summed E-state index contributed by atoms with van der Waals surface area (Å²) in [5.41, 5.74) is 1.89. The molecular formula is C31H27NO5. The van der Waals surface area contributed by atoms with Crippen molar-refractivity contribution in [3.63, 3.8) is 0 Å². The van der Waals surface area contributed by atoms with Gasteiger partial charge in [-0.2, -0.15) is 4.57 Å². The summed E-state index contributed by atoms with van der Waals surface area (Å²) in [5.74, 6) is -4.19. The molecule has 0 radical (unpaired) electrons. The van der Waals surface area contributed by atoms with E-state index in [0.717, 1.165) is 16.3 Å².